The summed E-state index contributed by atoms with van der Waals surface area (Å²) in [6, 6.07) is 1.78. The molecule has 2 heterocycles. The maximum absolute atomic E-state index is 10.9. The molecule has 0 atom stereocenters. The van der Waals surface area contributed by atoms with Gasteiger partial charge in [0, 0.05) is 18.6 Å². The topological polar surface area (TPSA) is 55.1 Å². The van der Waals surface area contributed by atoms with Crippen LogP contribution in [0.1, 0.15) is 10.4 Å². The zero-order chi connectivity index (χ0) is 10.3. The minimum Gasteiger partial charge on any atom is -0.478 e. The lowest BCUT2D eigenvalue weighted by Gasteiger charge is -1.98. The summed E-state index contributed by atoms with van der Waals surface area (Å²) < 4.78 is 2.68. The summed E-state index contributed by atoms with van der Waals surface area (Å²) in [4.78, 5) is 14.8. The van der Waals surface area contributed by atoms with E-state index in [1.54, 1.807) is 12.3 Å². The lowest BCUT2D eigenvalue weighted by molar-refractivity contribution is 0.0698. The maximum atomic E-state index is 10.9. The highest BCUT2D eigenvalue weighted by Gasteiger charge is 2.12. The number of pyridine rings is 1. The van der Waals surface area contributed by atoms with E-state index in [1.807, 2.05) is 11.6 Å². The Labute approximate surface area is 88.3 Å². The molecule has 0 saturated carbocycles. The maximum Gasteiger partial charge on any atom is 0.337 e. The van der Waals surface area contributed by atoms with Crippen molar-refractivity contribution in [3.05, 3.63) is 28.6 Å². The van der Waals surface area contributed by atoms with Crippen molar-refractivity contribution in [2.24, 2.45) is 7.05 Å². The van der Waals surface area contributed by atoms with Crippen LogP contribution >= 0.6 is 15.9 Å². The lowest BCUT2D eigenvalue weighted by atomic mass is 10.2. The number of nitrogens with zero attached hydrogens (tertiary/aromatic N) is 2. The summed E-state index contributed by atoms with van der Waals surface area (Å²) in [5, 5.41) is 9.61. The van der Waals surface area contributed by atoms with Crippen LogP contribution < -0.4 is 0 Å². The average molecular weight is 255 g/mol. The van der Waals surface area contributed by atoms with Gasteiger partial charge < -0.3 is 9.67 Å². The number of carbonyl (C=O) groups is 1. The molecule has 5 heteroatoms. The fourth-order valence-electron chi connectivity index (χ4n) is 1.38. The first-order valence-corrected chi connectivity index (χ1v) is 4.73. The number of fused-ring (bicyclic) bond motifs is 1. The zero-order valence-electron chi connectivity index (χ0n) is 7.36. The van der Waals surface area contributed by atoms with E-state index in [1.165, 1.54) is 6.20 Å². The van der Waals surface area contributed by atoms with Crippen molar-refractivity contribution in [3.8, 4) is 0 Å². The van der Waals surface area contributed by atoms with E-state index >= 15 is 0 Å². The van der Waals surface area contributed by atoms with Crippen molar-refractivity contribution in [2.45, 2.75) is 0 Å². The molecular formula is C9H7BrN2O2. The summed E-state index contributed by atoms with van der Waals surface area (Å²) in [6.45, 7) is 0. The Kier molecular flexibility index (Phi) is 2.03. The Morgan fingerprint density at radius 1 is 1.57 bits per heavy atom. The third kappa shape index (κ3) is 1.21. The normalized spacial score (nSPS) is 10.7. The standard InChI is InChI=1S/C9H7BrN2O2/c1-12-7-4-11-3-6(9(13)14)5(7)2-8(12)10/h2-4H,1H3,(H,13,14). The number of aryl methyl sites for hydroxylation is 1. The minimum absolute atomic E-state index is 0.226. The molecule has 0 saturated heterocycles. The van der Waals surface area contributed by atoms with Gasteiger partial charge in [-0.05, 0) is 22.0 Å². The van der Waals surface area contributed by atoms with E-state index in [4.69, 9.17) is 5.11 Å². The summed E-state index contributed by atoms with van der Waals surface area (Å²) in [6.07, 6.45) is 3.00. The van der Waals surface area contributed by atoms with Crippen molar-refractivity contribution in [1.82, 2.24) is 9.55 Å². The van der Waals surface area contributed by atoms with Gasteiger partial charge in [-0.2, -0.15) is 0 Å². The highest BCUT2D eigenvalue weighted by Crippen LogP contribution is 2.24. The van der Waals surface area contributed by atoms with E-state index in [0.717, 1.165) is 10.1 Å². The third-order valence-electron chi connectivity index (χ3n) is 2.14. The Morgan fingerprint density at radius 3 is 2.93 bits per heavy atom. The molecule has 0 aliphatic carbocycles. The van der Waals surface area contributed by atoms with Crippen molar-refractivity contribution in [1.29, 1.82) is 0 Å². The summed E-state index contributed by atoms with van der Waals surface area (Å²) in [5.74, 6) is -0.957. The van der Waals surface area contributed by atoms with Crippen LogP contribution in [0.25, 0.3) is 10.9 Å². The Balaban J connectivity index is 2.88. The van der Waals surface area contributed by atoms with Gasteiger partial charge in [0.2, 0.25) is 0 Å². The molecule has 0 amide bonds. The molecule has 0 radical (unpaired) electrons. The van der Waals surface area contributed by atoms with Crippen LogP contribution in [0.4, 0.5) is 0 Å². The van der Waals surface area contributed by atoms with Crippen LogP contribution in [-0.2, 0) is 7.05 Å². The van der Waals surface area contributed by atoms with Crippen LogP contribution in [0, 0.1) is 0 Å². The predicted octanol–water partition coefficient (Wildman–Crippen LogP) is 2.03. The molecule has 2 aromatic heterocycles. The molecule has 0 spiro atoms. The summed E-state index contributed by atoms with van der Waals surface area (Å²) in [7, 11) is 1.85. The molecule has 4 nitrogen and oxygen atoms in total. The first kappa shape index (κ1) is 9.21. The van der Waals surface area contributed by atoms with Gasteiger partial charge in [0.05, 0.1) is 21.9 Å². The van der Waals surface area contributed by atoms with Gasteiger partial charge in [-0.25, -0.2) is 4.79 Å². The first-order valence-electron chi connectivity index (χ1n) is 3.93. The predicted molar refractivity (Wildman–Crippen MR) is 55.4 cm³/mol. The SMILES string of the molecule is Cn1c(Br)cc2c(C(=O)O)cncc21. The monoisotopic (exact) mass is 254 g/mol. The molecule has 0 fully saturated rings. The molecule has 0 aliphatic heterocycles. The molecule has 2 rings (SSSR count). The summed E-state index contributed by atoms with van der Waals surface area (Å²) >= 11 is 3.33. The third-order valence-corrected chi connectivity index (χ3v) is 2.90. The van der Waals surface area contributed by atoms with Crippen molar-refractivity contribution in [3.63, 3.8) is 0 Å². The molecular weight excluding hydrogens is 248 g/mol. The number of carboxylic acids is 1. The van der Waals surface area contributed by atoms with E-state index in [0.29, 0.717) is 5.39 Å². The fraction of sp³-hybridized carbons (Fsp3) is 0.111. The number of carboxylic acid groups (broad SMARTS) is 1. The van der Waals surface area contributed by atoms with Gasteiger partial charge in [-0.3, -0.25) is 4.98 Å². The number of rotatable bonds is 1. The van der Waals surface area contributed by atoms with Crippen molar-refractivity contribution >= 4 is 32.8 Å². The number of aromatic carboxylic acids is 1. The second-order valence-electron chi connectivity index (χ2n) is 2.95. The van der Waals surface area contributed by atoms with E-state index < -0.39 is 5.97 Å². The molecule has 72 valence electrons. The van der Waals surface area contributed by atoms with Gasteiger partial charge in [-0.1, -0.05) is 0 Å². The fourth-order valence-corrected chi connectivity index (χ4v) is 1.80. The average Bonchev–Trinajstić information content (AvgIpc) is 2.43. The van der Waals surface area contributed by atoms with Gasteiger partial charge in [0.1, 0.15) is 0 Å². The zero-order valence-corrected chi connectivity index (χ0v) is 8.95. The highest BCUT2D eigenvalue weighted by molar-refractivity contribution is 9.10. The van der Waals surface area contributed by atoms with Crippen LogP contribution in [0.5, 0.6) is 0 Å². The Hall–Kier alpha value is -1.36. The lowest BCUT2D eigenvalue weighted by Crippen LogP contribution is -1.98. The molecule has 2 aromatic rings. The highest BCUT2D eigenvalue weighted by atomic mass is 79.9. The van der Waals surface area contributed by atoms with Crippen LogP contribution in [0.15, 0.2) is 23.1 Å². The van der Waals surface area contributed by atoms with Crippen LogP contribution in [0.3, 0.4) is 0 Å². The molecule has 0 aromatic carbocycles. The van der Waals surface area contributed by atoms with Crippen molar-refractivity contribution in [2.75, 3.05) is 0 Å². The van der Waals surface area contributed by atoms with Gasteiger partial charge in [0.25, 0.3) is 0 Å². The molecule has 0 aliphatic rings. The van der Waals surface area contributed by atoms with Gasteiger partial charge >= 0.3 is 5.97 Å². The number of hydrogen-bond donors (Lipinski definition) is 1. The van der Waals surface area contributed by atoms with E-state index in [9.17, 15) is 4.79 Å². The molecule has 0 bridgehead atoms. The van der Waals surface area contributed by atoms with Crippen LogP contribution in [-0.4, -0.2) is 20.6 Å². The van der Waals surface area contributed by atoms with E-state index in [2.05, 4.69) is 20.9 Å². The van der Waals surface area contributed by atoms with Crippen molar-refractivity contribution < 1.29 is 9.90 Å². The number of halogens is 1. The first-order chi connectivity index (χ1) is 6.61. The second-order valence-corrected chi connectivity index (χ2v) is 3.76. The molecule has 14 heavy (non-hydrogen) atoms. The molecule has 1 N–H and O–H groups in total. The minimum atomic E-state index is -0.957. The van der Waals surface area contributed by atoms with E-state index in [-0.39, 0.29) is 5.56 Å². The Bertz CT molecular complexity index is 519. The van der Waals surface area contributed by atoms with Crippen LogP contribution in [0.2, 0.25) is 0 Å². The molecule has 0 unspecified atom stereocenters. The second kappa shape index (κ2) is 3.09. The quantitative estimate of drug-likeness (QED) is 0.848. The van der Waals surface area contributed by atoms with Gasteiger partial charge in [0.15, 0.2) is 0 Å². The number of aromatic nitrogens is 2. The smallest absolute Gasteiger partial charge is 0.337 e. The van der Waals surface area contributed by atoms with Gasteiger partial charge in [-0.15, -0.1) is 0 Å². The number of hydrogen-bond acceptors (Lipinski definition) is 2. The Morgan fingerprint density at radius 2 is 2.29 bits per heavy atom. The summed E-state index contributed by atoms with van der Waals surface area (Å²) in [5.41, 5.74) is 1.03. The largest absolute Gasteiger partial charge is 0.478 e.